The molecule has 0 spiro atoms. The van der Waals surface area contributed by atoms with E-state index in [0.29, 0.717) is 44.2 Å². The lowest BCUT2D eigenvalue weighted by atomic mass is 10.3. The number of rotatable bonds is 7. The molecule has 0 bridgehead atoms. The molecular weight excluding hydrogens is 452 g/mol. The molecule has 1 aliphatic rings. The molecule has 0 N–H and O–H groups in total. The molecule has 11 heteroatoms. The fourth-order valence-corrected chi connectivity index (χ4v) is 5.05. The van der Waals surface area contributed by atoms with Gasteiger partial charge in [0.1, 0.15) is 5.75 Å². The molecule has 2 aromatic rings. The van der Waals surface area contributed by atoms with Gasteiger partial charge in [0.25, 0.3) is 5.91 Å². The minimum atomic E-state index is -0.343. The van der Waals surface area contributed by atoms with Crippen LogP contribution in [0.15, 0.2) is 23.2 Å². The number of benzene rings is 1. The molecule has 3 amide bonds. The van der Waals surface area contributed by atoms with Gasteiger partial charge in [-0.15, -0.1) is 11.8 Å². The van der Waals surface area contributed by atoms with Crippen LogP contribution in [0, 0.1) is 0 Å². The Balaban J connectivity index is 1.50. The highest BCUT2D eigenvalue weighted by Crippen LogP contribution is 2.22. The predicted molar refractivity (Wildman–Crippen MR) is 125 cm³/mol. The van der Waals surface area contributed by atoms with E-state index in [1.165, 1.54) is 23.1 Å². The Bertz CT molecular complexity index is 1040. The molecule has 32 heavy (non-hydrogen) atoms. The summed E-state index contributed by atoms with van der Waals surface area (Å²) in [7, 11) is 1.87. The molecule has 2 heterocycles. The van der Waals surface area contributed by atoms with Crippen LogP contribution in [0.5, 0.6) is 5.75 Å². The number of hydrogen-bond acceptors (Lipinski definition) is 7. The van der Waals surface area contributed by atoms with Crippen LogP contribution in [-0.4, -0.2) is 83.2 Å². The lowest BCUT2D eigenvalue weighted by Gasteiger charge is -2.34. The second-order valence-electron chi connectivity index (χ2n) is 7.07. The molecule has 9 nitrogen and oxygen atoms in total. The van der Waals surface area contributed by atoms with Crippen molar-refractivity contribution in [3.8, 4) is 5.75 Å². The van der Waals surface area contributed by atoms with Gasteiger partial charge in [-0.05, 0) is 32.0 Å². The predicted octanol–water partition coefficient (Wildman–Crippen LogP) is 2.10. The van der Waals surface area contributed by atoms with Gasteiger partial charge in [-0.2, -0.15) is 4.99 Å². The van der Waals surface area contributed by atoms with Crippen LogP contribution in [-0.2, 0) is 21.4 Å². The summed E-state index contributed by atoms with van der Waals surface area (Å²) in [4.78, 5) is 44.7. The van der Waals surface area contributed by atoms with E-state index in [2.05, 4.69) is 4.99 Å². The number of aryl methyl sites for hydroxylation is 1. The van der Waals surface area contributed by atoms with Gasteiger partial charge in [0, 0.05) is 33.2 Å². The molecule has 0 radical (unpaired) electrons. The number of nitrogens with zero attached hydrogens (tertiary/aromatic N) is 4. The van der Waals surface area contributed by atoms with Crippen molar-refractivity contribution in [3.63, 3.8) is 0 Å². The molecule has 0 saturated carbocycles. The van der Waals surface area contributed by atoms with Crippen LogP contribution < -0.4 is 9.54 Å². The van der Waals surface area contributed by atoms with Gasteiger partial charge in [0.15, 0.2) is 4.80 Å². The van der Waals surface area contributed by atoms with E-state index >= 15 is 0 Å². The Morgan fingerprint density at radius 3 is 2.47 bits per heavy atom. The summed E-state index contributed by atoms with van der Waals surface area (Å²) in [6, 6.07) is 5.80. The van der Waals surface area contributed by atoms with Crippen molar-refractivity contribution >= 4 is 51.2 Å². The smallest absolute Gasteiger partial charge is 0.409 e. The maximum absolute atomic E-state index is 12.4. The van der Waals surface area contributed by atoms with Gasteiger partial charge in [0.2, 0.25) is 5.91 Å². The number of amides is 3. The normalized spacial score (nSPS) is 14.7. The van der Waals surface area contributed by atoms with E-state index in [0.717, 1.165) is 16.0 Å². The van der Waals surface area contributed by atoms with Crippen molar-refractivity contribution in [2.75, 3.05) is 50.9 Å². The van der Waals surface area contributed by atoms with E-state index in [-0.39, 0.29) is 29.4 Å². The van der Waals surface area contributed by atoms with Crippen LogP contribution >= 0.6 is 23.1 Å². The highest BCUT2D eigenvalue weighted by Gasteiger charge is 2.24. The summed E-state index contributed by atoms with van der Waals surface area (Å²) in [6.45, 7) is 6.48. The van der Waals surface area contributed by atoms with Gasteiger partial charge in [-0.25, -0.2) is 4.79 Å². The van der Waals surface area contributed by atoms with E-state index in [1.807, 2.05) is 36.7 Å². The lowest BCUT2D eigenvalue weighted by Crippen LogP contribution is -2.51. The Kier molecular flexibility index (Phi) is 8.57. The molecule has 1 aliphatic heterocycles. The van der Waals surface area contributed by atoms with Crippen LogP contribution in [0.3, 0.4) is 0 Å². The van der Waals surface area contributed by atoms with Crippen molar-refractivity contribution in [2.24, 2.45) is 12.0 Å². The SMILES string of the molecule is CCOC(=O)N1CCN(C(=O)CSCC(=O)N=c2sc3cc(OCC)ccc3n2C)CC1. The van der Waals surface area contributed by atoms with Crippen LogP contribution in [0.25, 0.3) is 10.2 Å². The van der Waals surface area contributed by atoms with Gasteiger partial charge < -0.3 is 23.8 Å². The average molecular weight is 481 g/mol. The minimum Gasteiger partial charge on any atom is -0.494 e. The molecule has 1 aromatic heterocycles. The largest absolute Gasteiger partial charge is 0.494 e. The first-order valence-electron chi connectivity index (χ1n) is 10.5. The molecular formula is C21H28N4O5S2. The van der Waals surface area contributed by atoms with Gasteiger partial charge in [-0.1, -0.05) is 11.3 Å². The Morgan fingerprint density at radius 1 is 1.06 bits per heavy atom. The number of carbonyl (C=O) groups is 3. The highest BCUT2D eigenvalue weighted by atomic mass is 32.2. The molecule has 0 atom stereocenters. The third-order valence-electron chi connectivity index (χ3n) is 4.92. The zero-order chi connectivity index (χ0) is 23.1. The van der Waals surface area contributed by atoms with Crippen LogP contribution in [0.4, 0.5) is 4.79 Å². The molecule has 0 unspecified atom stereocenters. The standard InChI is InChI=1S/C21H28N4O5S2/c1-4-29-15-6-7-16-17(12-15)32-20(23(16)3)22-18(26)13-31-14-19(27)24-8-10-25(11-9-24)21(28)30-5-2/h6-7,12H,4-5,8-11,13-14H2,1-3H3. The molecule has 1 fully saturated rings. The van der Waals surface area contributed by atoms with E-state index in [1.54, 1.807) is 16.7 Å². The Hall–Kier alpha value is -2.53. The number of ether oxygens (including phenoxy) is 2. The first-order chi connectivity index (χ1) is 15.4. The average Bonchev–Trinajstić information content (AvgIpc) is 3.08. The molecule has 3 rings (SSSR count). The number of piperazine rings is 1. The van der Waals surface area contributed by atoms with Gasteiger partial charge in [-0.3, -0.25) is 9.59 Å². The van der Waals surface area contributed by atoms with Crippen molar-refractivity contribution in [3.05, 3.63) is 23.0 Å². The number of fused-ring (bicyclic) bond motifs is 1. The molecule has 174 valence electrons. The maximum Gasteiger partial charge on any atom is 0.409 e. The second-order valence-corrected chi connectivity index (χ2v) is 9.07. The first kappa shape index (κ1) is 24.1. The molecule has 1 saturated heterocycles. The van der Waals surface area contributed by atoms with E-state index in [4.69, 9.17) is 9.47 Å². The summed E-state index contributed by atoms with van der Waals surface area (Å²) in [5, 5.41) is 0. The number of aromatic nitrogens is 1. The fourth-order valence-electron chi connectivity index (χ4n) is 3.29. The third-order valence-corrected chi connectivity index (χ3v) is 6.92. The monoisotopic (exact) mass is 480 g/mol. The van der Waals surface area contributed by atoms with Crippen molar-refractivity contribution in [2.45, 2.75) is 13.8 Å². The summed E-state index contributed by atoms with van der Waals surface area (Å²) in [6.07, 6.45) is -0.343. The van der Waals surface area contributed by atoms with E-state index in [9.17, 15) is 14.4 Å². The minimum absolute atomic E-state index is 0.0396. The van der Waals surface area contributed by atoms with Crippen LogP contribution in [0.1, 0.15) is 13.8 Å². The summed E-state index contributed by atoms with van der Waals surface area (Å²) in [5.74, 6) is 0.811. The second kappa shape index (κ2) is 11.4. The zero-order valence-electron chi connectivity index (χ0n) is 18.5. The fraction of sp³-hybridized carbons (Fsp3) is 0.524. The summed E-state index contributed by atoms with van der Waals surface area (Å²) < 4.78 is 13.4. The van der Waals surface area contributed by atoms with Crippen molar-refractivity contribution in [1.82, 2.24) is 14.4 Å². The number of carbonyl (C=O) groups excluding carboxylic acids is 3. The number of thiazole rings is 1. The topological polar surface area (TPSA) is 93.4 Å². The number of hydrogen-bond donors (Lipinski definition) is 0. The lowest BCUT2D eigenvalue weighted by molar-refractivity contribution is -0.129. The maximum atomic E-state index is 12.4. The Morgan fingerprint density at radius 2 is 1.78 bits per heavy atom. The van der Waals surface area contributed by atoms with E-state index < -0.39 is 0 Å². The third kappa shape index (κ3) is 6.04. The van der Waals surface area contributed by atoms with Crippen molar-refractivity contribution < 1.29 is 23.9 Å². The highest BCUT2D eigenvalue weighted by molar-refractivity contribution is 8.00. The summed E-state index contributed by atoms with van der Waals surface area (Å²) in [5.41, 5.74) is 0.981. The molecule has 0 aliphatic carbocycles. The summed E-state index contributed by atoms with van der Waals surface area (Å²) >= 11 is 2.68. The quantitative estimate of drug-likeness (QED) is 0.603. The van der Waals surface area contributed by atoms with Crippen LogP contribution in [0.2, 0.25) is 0 Å². The zero-order valence-corrected chi connectivity index (χ0v) is 20.2. The number of thioether (sulfide) groups is 1. The van der Waals surface area contributed by atoms with Gasteiger partial charge in [0.05, 0.1) is 34.9 Å². The first-order valence-corrected chi connectivity index (χ1v) is 12.5. The molecule has 1 aromatic carbocycles. The van der Waals surface area contributed by atoms with Crippen molar-refractivity contribution in [1.29, 1.82) is 0 Å². The van der Waals surface area contributed by atoms with Gasteiger partial charge >= 0.3 is 6.09 Å². The Labute approximate surface area is 195 Å².